The average molecular weight is 304 g/mol. The minimum absolute atomic E-state index is 0.0309. The van der Waals surface area contributed by atoms with Crippen LogP contribution in [0, 0.1) is 10.1 Å². The second-order valence-electron chi connectivity index (χ2n) is 6.02. The Bertz CT molecular complexity index is 596. The largest absolute Gasteiger partial charge is 0.365 e. The van der Waals surface area contributed by atoms with Crippen molar-refractivity contribution in [2.45, 2.75) is 25.4 Å². The van der Waals surface area contributed by atoms with E-state index in [1.807, 2.05) is 0 Å². The topological polar surface area (TPSA) is 92.7 Å². The number of fused-ring (bicyclic) bond motifs is 4. The molecule has 1 amide bonds. The molecule has 2 bridgehead atoms. The monoisotopic (exact) mass is 304 g/mol. The van der Waals surface area contributed by atoms with E-state index < -0.39 is 10.8 Å². The molecule has 0 aliphatic carbocycles. The minimum Gasteiger partial charge on any atom is -0.365 e. The third-order valence-electron chi connectivity index (χ3n) is 4.69. The maximum absolute atomic E-state index is 11.3. The Balaban J connectivity index is 1.81. The summed E-state index contributed by atoms with van der Waals surface area (Å²) < 4.78 is 0. The lowest BCUT2D eigenvalue weighted by atomic mass is 10.0. The van der Waals surface area contributed by atoms with E-state index in [1.165, 1.54) is 12.1 Å². The SMILES string of the molecule is NC(=O)c1ccc(CN2CCN3CCC2CC3)cc1[N+](=O)[O-]. The zero-order valence-electron chi connectivity index (χ0n) is 12.4. The van der Waals surface area contributed by atoms with Gasteiger partial charge in [0.1, 0.15) is 5.56 Å². The fraction of sp³-hybridized carbons (Fsp3) is 0.533. The summed E-state index contributed by atoms with van der Waals surface area (Å²) in [6.07, 6.45) is 2.31. The molecule has 3 aliphatic heterocycles. The first-order valence-electron chi connectivity index (χ1n) is 7.58. The Labute approximate surface area is 128 Å². The van der Waals surface area contributed by atoms with Crippen LogP contribution in [-0.4, -0.2) is 52.9 Å². The molecule has 0 aromatic heterocycles. The van der Waals surface area contributed by atoms with Crippen molar-refractivity contribution in [2.24, 2.45) is 5.73 Å². The van der Waals surface area contributed by atoms with Gasteiger partial charge >= 0.3 is 0 Å². The maximum Gasteiger partial charge on any atom is 0.282 e. The normalized spacial score (nSPS) is 24.9. The first-order valence-corrected chi connectivity index (χ1v) is 7.58. The van der Waals surface area contributed by atoms with Crippen molar-refractivity contribution in [3.63, 3.8) is 0 Å². The molecule has 0 spiro atoms. The minimum atomic E-state index is -0.764. The molecule has 4 rings (SSSR count). The molecule has 0 radical (unpaired) electrons. The molecule has 0 unspecified atom stereocenters. The Morgan fingerprint density at radius 1 is 1.27 bits per heavy atom. The molecular formula is C15H20N4O3. The molecule has 7 nitrogen and oxygen atoms in total. The average Bonchev–Trinajstić information content (AvgIpc) is 2.80. The van der Waals surface area contributed by atoms with Gasteiger partial charge in [0.25, 0.3) is 11.6 Å². The lowest BCUT2D eigenvalue weighted by Crippen LogP contribution is -2.37. The van der Waals surface area contributed by atoms with Gasteiger partial charge in [-0.3, -0.25) is 19.8 Å². The number of hydrogen-bond donors (Lipinski definition) is 1. The highest BCUT2D eigenvalue weighted by Gasteiger charge is 2.29. The molecule has 118 valence electrons. The summed E-state index contributed by atoms with van der Waals surface area (Å²) >= 11 is 0. The van der Waals surface area contributed by atoms with Gasteiger partial charge in [-0.1, -0.05) is 6.07 Å². The molecule has 2 N–H and O–H groups in total. The smallest absolute Gasteiger partial charge is 0.282 e. The van der Waals surface area contributed by atoms with E-state index in [1.54, 1.807) is 6.07 Å². The van der Waals surface area contributed by atoms with Crippen LogP contribution in [0.5, 0.6) is 0 Å². The van der Waals surface area contributed by atoms with Gasteiger partial charge in [-0.2, -0.15) is 0 Å². The van der Waals surface area contributed by atoms with Crippen LogP contribution in [0.2, 0.25) is 0 Å². The van der Waals surface area contributed by atoms with Gasteiger partial charge in [0.05, 0.1) is 4.92 Å². The quantitative estimate of drug-likeness (QED) is 0.661. The predicted octanol–water partition coefficient (Wildman–Crippen LogP) is 0.974. The number of piperidine rings is 1. The van der Waals surface area contributed by atoms with E-state index in [0.29, 0.717) is 12.6 Å². The molecule has 1 aromatic rings. The number of hydrogen-bond acceptors (Lipinski definition) is 5. The van der Waals surface area contributed by atoms with Crippen molar-refractivity contribution >= 4 is 11.6 Å². The van der Waals surface area contributed by atoms with Crippen LogP contribution in [-0.2, 0) is 6.54 Å². The van der Waals surface area contributed by atoms with Gasteiger partial charge in [0.15, 0.2) is 0 Å². The molecule has 1 aromatic carbocycles. The third kappa shape index (κ3) is 2.95. The number of amides is 1. The first kappa shape index (κ1) is 14.9. The predicted molar refractivity (Wildman–Crippen MR) is 81.5 cm³/mol. The summed E-state index contributed by atoms with van der Waals surface area (Å²) in [6, 6.07) is 5.27. The van der Waals surface area contributed by atoms with Crippen molar-refractivity contribution in [1.82, 2.24) is 9.80 Å². The van der Waals surface area contributed by atoms with Gasteiger partial charge in [-0.05, 0) is 37.6 Å². The van der Waals surface area contributed by atoms with E-state index in [-0.39, 0.29) is 11.3 Å². The summed E-state index contributed by atoms with van der Waals surface area (Å²) in [5.74, 6) is -0.764. The summed E-state index contributed by atoms with van der Waals surface area (Å²) in [5.41, 5.74) is 5.82. The summed E-state index contributed by atoms with van der Waals surface area (Å²) in [6.45, 7) is 5.00. The highest BCUT2D eigenvalue weighted by atomic mass is 16.6. The number of nitro benzene ring substituents is 1. The fourth-order valence-electron chi connectivity index (χ4n) is 3.44. The van der Waals surface area contributed by atoms with E-state index in [9.17, 15) is 14.9 Å². The first-order chi connectivity index (χ1) is 10.5. The van der Waals surface area contributed by atoms with Crippen LogP contribution >= 0.6 is 0 Å². The van der Waals surface area contributed by atoms with E-state index in [0.717, 1.165) is 44.6 Å². The molecule has 3 fully saturated rings. The highest BCUT2D eigenvalue weighted by Crippen LogP contribution is 2.25. The molecule has 3 heterocycles. The fourth-order valence-corrected chi connectivity index (χ4v) is 3.44. The Morgan fingerprint density at radius 2 is 2.00 bits per heavy atom. The number of nitrogens with zero attached hydrogens (tertiary/aromatic N) is 3. The van der Waals surface area contributed by atoms with Crippen LogP contribution in [0.25, 0.3) is 0 Å². The number of carbonyl (C=O) groups excluding carboxylic acids is 1. The molecule has 0 saturated carbocycles. The van der Waals surface area contributed by atoms with Crippen LogP contribution in [0.3, 0.4) is 0 Å². The molecule has 7 heteroatoms. The number of rotatable bonds is 4. The van der Waals surface area contributed by atoms with Crippen LogP contribution in [0.4, 0.5) is 5.69 Å². The number of nitrogens with two attached hydrogens (primary N) is 1. The van der Waals surface area contributed by atoms with Crippen molar-refractivity contribution < 1.29 is 9.72 Å². The van der Waals surface area contributed by atoms with Gasteiger partial charge in [0, 0.05) is 31.7 Å². The van der Waals surface area contributed by atoms with Crippen molar-refractivity contribution in [2.75, 3.05) is 26.2 Å². The van der Waals surface area contributed by atoms with E-state index in [4.69, 9.17) is 5.73 Å². The lowest BCUT2D eigenvalue weighted by Gasteiger charge is -2.31. The second-order valence-corrected chi connectivity index (χ2v) is 6.02. The molecule has 3 saturated heterocycles. The van der Waals surface area contributed by atoms with Gasteiger partial charge in [-0.25, -0.2) is 0 Å². The van der Waals surface area contributed by atoms with Crippen molar-refractivity contribution in [3.05, 3.63) is 39.4 Å². The van der Waals surface area contributed by atoms with Gasteiger partial charge < -0.3 is 10.6 Å². The van der Waals surface area contributed by atoms with E-state index >= 15 is 0 Å². The summed E-state index contributed by atoms with van der Waals surface area (Å²) in [7, 11) is 0. The standard InChI is InChI=1S/C15H20N4O3/c16-15(20)13-2-1-11(9-14(13)19(21)22)10-18-8-7-17-5-3-12(18)4-6-17/h1-2,9,12H,3-8,10H2,(H2,16,20). The number of carbonyl (C=O) groups is 1. The van der Waals surface area contributed by atoms with Gasteiger partial charge in [-0.15, -0.1) is 0 Å². The second kappa shape index (κ2) is 6.02. The Kier molecular flexibility index (Phi) is 4.08. The Morgan fingerprint density at radius 3 is 2.64 bits per heavy atom. The van der Waals surface area contributed by atoms with Crippen LogP contribution < -0.4 is 5.73 Å². The zero-order valence-corrected chi connectivity index (χ0v) is 12.4. The number of nitro groups is 1. The maximum atomic E-state index is 11.3. The van der Waals surface area contributed by atoms with Crippen LogP contribution in [0.15, 0.2) is 18.2 Å². The molecule has 22 heavy (non-hydrogen) atoms. The van der Waals surface area contributed by atoms with Crippen LogP contribution in [0.1, 0.15) is 28.8 Å². The molecule has 3 aliphatic rings. The van der Waals surface area contributed by atoms with Crippen molar-refractivity contribution in [1.29, 1.82) is 0 Å². The van der Waals surface area contributed by atoms with E-state index in [2.05, 4.69) is 9.80 Å². The molecular weight excluding hydrogens is 284 g/mol. The summed E-state index contributed by atoms with van der Waals surface area (Å²) in [4.78, 5) is 26.7. The number of primary amides is 1. The Hall–Kier alpha value is -1.99. The highest BCUT2D eigenvalue weighted by molar-refractivity contribution is 5.96. The lowest BCUT2D eigenvalue weighted by molar-refractivity contribution is -0.385. The molecule has 0 atom stereocenters. The zero-order chi connectivity index (χ0) is 15.7. The van der Waals surface area contributed by atoms with Gasteiger partial charge in [0.2, 0.25) is 0 Å². The summed E-state index contributed by atoms with van der Waals surface area (Å²) in [5, 5.41) is 11.1. The number of benzene rings is 1. The van der Waals surface area contributed by atoms with Crippen molar-refractivity contribution in [3.8, 4) is 0 Å². The third-order valence-corrected chi connectivity index (χ3v) is 4.69.